The van der Waals surface area contributed by atoms with Gasteiger partial charge in [-0.1, -0.05) is 30.3 Å². The molecule has 5 aromatic rings. The van der Waals surface area contributed by atoms with Crippen molar-refractivity contribution in [1.29, 1.82) is 0 Å². The van der Waals surface area contributed by atoms with Crippen LogP contribution in [0.2, 0.25) is 0 Å². The number of anilines is 1. The topological polar surface area (TPSA) is 91.5 Å². The molecule has 0 amide bonds. The Balaban J connectivity index is 1.55. The van der Waals surface area contributed by atoms with Crippen LogP contribution in [0, 0.1) is 18.6 Å². The highest BCUT2D eigenvalue weighted by atomic mass is 19.3. The molecular weight excluding hydrogens is 563 g/mol. The van der Waals surface area contributed by atoms with Crippen molar-refractivity contribution < 1.29 is 27.8 Å². The molecule has 0 atom stereocenters. The van der Waals surface area contributed by atoms with Crippen LogP contribution in [0.5, 0.6) is 5.88 Å². The second-order valence-electron chi connectivity index (χ2n) is 10.3. The summed E-state index contributed by atoms with van der Waals surface area (Å²) in [5, 5.41) is 3.63. The van der Waals surface area contributed by atoms with Crippen molar-refractivity contribution in [3.05, 3.63) is 106 Å². The highest BCUT2D eigenvalue weighted by Gasteiger charge is 2.32. The summed E-state index contributed by atoms with van der Waals surface area (Å²) in [6.45, 7) is 2.46. The van der Waals surface area contributed by atoms with Crippen molar-refractivity contribution in [2.45, 2.75) is 25.7 Å². The van der Waals surface area contributed by atoms with Crippen LogP contribution in [0.1, 0.15) is 40.2 Å². The summed E-state index contributed by atoms with van der Waals surface area (Å²) < 4.78 is 53.7. The number of rotatable bonds is 6. The SMILES string of the molecule is COc1c(C(=O)OF)c(=O)c2cc(F)c(N3CCC(c4ccccc4)CC3)c(F)c2n1-c1ccc(-n2cncn2)cc1C. The number of benzene rings is 3. The van der Waals surface area contributed by atoms with E-state index in [4.69, 9.17) is 4.74 Å². The fourth-order valence-electron chi connectivity index (χ4n) is 5.90. The molecule has 43 heavy (non-hydrogen) atoms. The normalized spacial score (nSPS) is 13.8. The highest BCUT2D eigenvalue weighted by Crippen LogP contribution is 2.38. The number of piperidine rings is 1. The molecule has 0 aliphatic carbocycles. The Morgan fingerprint density at radius 1 is 1.05 bits per heavy atom. The smallest absolute Gasteiger partial charge is 0.388 e. The summed E-state index contributed by atoms with van der Waals surface area (Å²) in [5.41, 5.74) is 0.0319. The lowest BCUT2D eigenvalue weighted by Crippen LogP contribution is -2.34. The minimum absolute atomic E-state index is 0.239. The first-order valence-electron chi connectivity index (χ1n) is 13.6. The highest BCUT2D eigenvalue weighted by molar-refractivity contribution is 5.98. The van der Waals surface area contributed by atoms with Crippen molar-refractivity contribution >= 4 is 22.6 Å². The van der Waals surface area contributed by atoms with E-state index < -0.39 is 39.9 Å². The molecule has 0 saturated carbocycles. The fraction of sp³-hybridized carbons (Fsp3) is 0.226. The third-order valence-electron chi connectivity index (χ3n) is 7.93. The summed E-state index contributed by atoms with van der Waals surface area (Å²) in [5.74, 6) is -3.86. The Labute approximate surface area is 243 Å². The second-order valence-corrected chi connectivity index (χ2v) is 10.3. The molecule has 1 saturated heterocycles. The van der Waals surface area contributed by atoms with Gasteiger partial charge in [-0.05, 0) is 61.1 Å². The number of aromatic nitrogens is 4. The van der Waals surface area contributed by atoms with Gasteiger partial charge in [0.1, 0.15) is 24.2 Å². The number of carbonyl (C=O) groups excluding carboxylic acids is 1. The van der Waals surface area contributed by atoms with Crippen LogP contribution in [0.3, 0.4) is 0 Å². The Kier molecular flexibility index (Phi) is 7.34. The van der Waals surface area contributed by atoms with E-state index in [0.29, 0.717) is 37.2 Å². The van der Waals surface area contributed by atoms with Crippen molar-refractivity contribution in [1.82, 2.24) is 19.3 Å². The molecule has 1 aliphatic rings. The van der Waals surface area contributed by atoms with E-state index in [-0.39, 0.29) is 22.8 Å². The van der Waals surface area contributed by atoms with Crippen LogP contribution in [-0.4, -0.2) is 45.5 Å². The van der Waals surface area contributed by atoms with Gasteiger partial charge in [0.2, 0.25) is 11.3 Å². The largest absolute Gasteiger partial charge is 0.481 e. The van der Waals surface area contributed by atoms with Crippen LogP contribution >= 0.6 is 0 Å². The average molecular weight is 590 g/mol. The quantitative estimate of drug-likeness (QED) is 0.255. The van der Waals surface area contributed by atoms with Gasteiger partial charge in [-0.25, -0.2) is 28.2 Å². The second kappa shape index (κ2) is 11.3. The van der Waals surface area contributed by atoms with Gasteiger partial charge in [0.15, 0.2) is 11.4 Å². The van der Waals surface area contributed by atoms with Crippen molar-refractivity contribution in [2.75, 3.05) is 25.1 Å². The molecule has 12 heteroatoms. The zero-order chi connectivity index (χ0) is 30.2. The number of halogens is 3. The molecule has 0 radical (unpaired) electrons. The maximum absolute atomic E-state index is 16.7. The molecule has 1 fully saturated rings. The van der Waals surface area contributed by atoms with E-state index in [1.54, 1.807) is 30.0 Å². The van der Waals surface area contributed by atoms with E-state index in [0.717, 1.165) is 18.7 Å². The van der Waals surface area contributed by atoms with Crippen LogP contribution in [0.15, 0.2) is 72.0 Å². The lowest BCUT2D eigenvalue weighted by Gasteiger charge is -2.34. The first-order valence-corrected chi connectivity index (χ1v) is 13.6. The van der Waals surface area contributed by atoms with Gasteiger partial charge in [0.05, 0.1) is 29.4 Å². The molecule has 0 N–H and O–H groups in total. The number of carbonyl (C=O) groups is 1. The van der Waals surface area contributed by atoms with Crippen LogP contribution < -0.4 is 15.1 Å². The van der Waals surface area contributed by atoms with E-state index >= 15 is 8.78 Å². The molecule has 9 nitrogen and oxygen atoms in total. The number of aryl methyl sites for hydroxylation is 1. The first-order chi connectivity index (χ1) is 20.8. The van der Waals surface area contributed by atoms with Crippen molar-refractivity contribution in [2.24, 2.45) is 0 Å². The molecule has 0 spiro atoms. The van der Waals surface area contributed by atoms with Gasteiger partial charge in [0, 0.05) is 17.6 Å². The van der Waals surface area contributed by atoms with Crippen LogP contribution in [-0.2, 0) is 4.94 Å². The maximum atomic E-state index is 16.7. The number of hydrogen-bond donors (Lipinski definition) is 0. The van der Waals surface area contributed by atoms with E-state index in [9.17, 15) is 14.1 Å². The third-order valence-corrected chi connectivity index (χ3v) is 7.93. The molecule has 0 bridgehead atoms. The molecule has 0 unspecified atom stereocenters. The third kappa shape index (κ3) is 4.78. The summed E-state index contributed by atoms with van der Waals surface area (Å²) in [4.78, 5) is 34.9. The van der Waals surface area contributed by atoms with Gasteiger partial charge in [-0.15, -0.1) is 0 Å². The number of nitrogens with zero attached hydrogens (tertiary/aromatic N) is 5. The predicted octanol–water partition coefficient (Wildman–Crippen LogP) is 5.59. The number of ether oxygens (including phenoxy) is 1. The first kappa shape index (κ1) is 28.0. The van der Waals surface area contributed by atoms with Gasteiger partial charge < -0.3 is 9.64 Å². The predicted molar refractivity (Wildman–Crippen MR) is 153 cm³/mol. The standard InChI is InChI=1S/C31H26F3N5O4/c1-18-14-21(38-17-35-16-36-38)8-9-24(18)39-27-22(29(40)25(30(39)42-2)31(41)43-34)15-23(32)28(26(27)33)37-12-10-20(11-13-37)19-6-4-3-5-7-19/h3-9,14-17,20H,10-13H2,1-2H3. The van der Waals surface area contributed by atoms with Gasteiger partial charge in [-0.3, -0.25) is 9.36 Å². The van der Waals surface area contributed by atoms with Gasteiger partial charge in [-0.2, -0.15) is 5.10 Å². The summed E-state index contributed by atoms with van der Waals surface area (Å²) >= 11 is 0. The van der Waals surface area contributed by atoms with E-state index in [1.807, 2.05) is 30.3 Å². The van der Waals surface area contributed by atoms with Crippen molar-refractivity contribution in [3.63, 3.8) is 0 Å². The molecule has 2 aromatic heterocycles. The Bertz CT molecular complexity index is 1890. The fourth-order valence-corrected chi connectivity index (χ4v) is 5.90. The van der Waals surface area contributed by atoms with Crippen LogP contribution in [0.25, 0.3) is 22.3 Å². The monoisotopic (exact) mass is 589 g/mol. The molecule has 220 valence electrons. The Morgan fingerprint density at radius 3 is 2.42 bits per heavy atom. The maximum Gasteiger partial charge on any atom is 0.388 e. The number of pyridine rings is 1. The molecule has 3 aromatic carbocycles. The number of hydrogen-bond acceptors (Lipinski definition) is 7. The summed E-state index contributed by atoms with van der Waals surface area (Å²) in [6.07, 6.45) is 4.20. The van der Waals surface area contributed by atoms with Gasteiger partial charge >= 0.3 is 5.97 Å². The van der Waals surface area contributed by atoms with Crippen molar-refractivity contribution in [3.8, 4) is 17.3 Å². The van der Waals surface area contributed by atoms with Gasteiger partial charge in [0.25, 0.3) is 0 Å². The summed E-state index contributed by atoms with van der Waals surface area (Å²) in [7, 11) is 1.15. The minimum Gasteiger partial charge on any atom is -0.481 e. The number of fused-ring (bicyclic) bond motifs is 1. The van der Waals surface area contributed by atoms with E-state index in [1.165, 1.54) is 21.9 Å². The lowest BCUT2D eigenvalue weighted by atomic mass is 9.89. The number of methoxy groups -OCH3 is 1. The minimum atomic E-state index is -1.65. The summed E-state index contributed by atoms with van der Waals surface area (Å²) in [6, 6.07) is 15.8. The zero-order valence-corrected chi connectivity index (χ0v) is 23.3. The average Bonchev–Trinajstić information content (AvgIpc) is 3.57. The lowest BCUT2D eigenvalue weighted by molar-refractivity contribution is -0.0791. The Hall–Kier alpha value is -5.13. The molecule has 1 aliphatic heterocycles. The van der Waals surface area contributed by atoms with Crippen LogP contribution in [0.4, 0.5) is 19.0 Å². The molecule has 3 heterocycles. The zero-order valence-electron chi connectivity index (χ0n) is 23.3. The molecule has 6 rings (SSSR count). The Morgan fingerprint density at radius 2 is 1.79 bits per heavy atom. The van der Waals surface area contributed by atoms with E-state index in [2.05, 4.69) is 15.0 Å². The molecular formula is C31H26F3N5O4.